The van der Waals surface area contributed by atoms with E-state index in [1.54, 1.807) is 18.4 Å². The molecule has 1 rings (SSSR count). The minimum Gasteiger partial charge on any atom is -0.508 e. The van der Waals surface area contributed by atoms with Gasteiger partial charge in [0.05, 0.1) is 12.5 Å². The van der Waals surface area contributed by atoms with Crippen LogP contribution in [0.15, 0.2) is 29.3 Å². The van der Waals surface area contributed by atoms with Gasteiger partial charge in [-0.15, -0.1) is 0 Å². The normalized spacial score (nSPS) is 13.7. The maximum atomic E-state index is 13.1. The molecular weight excluding hydrogens is 546 g/mol. The Bertz CT molecular complexity index is 1050. The zero-order valence-corrected chi connectivity index (χ0v) is 22.9. The molecule has 0 spiro atoms. The van der Waals surface area contributed by atoms with Crippen LogP contribution < -0.4 is 33.2 Å². The predicted octanol–water partition coefficient (Wildman–Crippen LogP) is -1.92. The number of guanidine groups is 1. The van der Waals surface area contributed by atoms with Gasteiger partial charge in [-0.3, -0.25) is 24.2 Å². The third kappa shape index (κ3) is 13.1. The largest absolute Gasteiger partial charge is 0.508 e. The zero-order chi connectivity index (χ0) is 30.2. The third-order valence-corrected chi connectivity index (χ3v) is 6.19. The fourth-order valence-electron chi connectivity index (χ4n) is 3.45. The molecule has 12 N–H and O–H groups in total. The Morgan fingerprint density at radius 3 is 2.02 bits per heavy atom. The fourth-order valence-corrected chi connectivity index (χ4v) is 3.92. The lowest BCUT2D eigenvalue weighted by atomic mass is 10.0. The summed E-state index contributed by atoms with van der Waals surface area (Å²) in [5, 5.41) is 35.2. The second-order valence-electron chi connectivity index (χ2n) is 8.83. The third-order valence-electron chi connectivity index (χ3n) is 5.54. The van der Waals surface area contributed by atoms with Crippen LogP contribution in [0.5, 0.6) is 5.75 Å². The molecule has 0 radical (unpaired) electrons. The number of hydrogen-bond donors (Lipinski definition) is 9. The van der Waals surface area contributed by atoms with Crippen LogP contribution in [-0.2, 0) is 30.4 Å². The van der Waals surface area contributed by atoms with Gasteiger partial charge in [-0.2, -0.15) is 11.8 Å². The van der Waals surface area contributed by atoms with Crippen molar-refractivity contribution in [2.45, 2.75) is 56.3 Å². The number of carboxylic acids is 2. The molecule has 15 nitrogen and oxygen atoms in total. The van der Waals surface area contributed by atoms with E-state index >= 15 is 0 Å². The number of aromatic hydroxyl groups is 1. The number of amides is 3. The monoisotopic (exact) mass is 583 g/mol. The SMILES string of the molecule is CSCCC(NC(=O)C(CCCN=C(N)N)NC(=O)C(CC(=O)O)NC(=O)C(N)Cc1ccc(O)cc1)C(=O)O. The van der Waals surface area contributed by atoms with Crippen molar-refractivity contribution in [3.05, 3.63) is 29.8 Å². The molecule has 0 saturated heterocycles. The number of thioether (sulfide) groups is 1. The Labute approximate surface area is 235 Å². The number of carbonyl (C=O) groups is 5. The number of phenolic OH excluding ortho intramolecular Hbond substituents is 1. The topological polar surface area (TPSA) is 273 Å². The van der Waals surface area contributed by atoms with Crippen molar-refractivity contribution < 1.29 is 39.3 Å². The fraction of sp³-hybridized carbons (Fsp3) is 0.500. The van der Waals surface area contributed by atoms with Crippen LogP contribution in [-0.4, -0.2) is 93.7 Å². The molecule has 0 fully saturated rings. The van der Waals surface area contributed by atoms with Crippen LogP contribution in [0.3, 0.4) is 0 Å². The quantitative estimate of drug-likeness (QED) is 0.0520. The first-order valence-electron chi connectivity index (χ1n) is 12.3. The second-order valence-corrected chi connectivity index (χ2v) is 9.81. The number of nitrogens with zero attached hydrogens (tertiary/aromatic N) is 1. The van der Waals surface area contributed by atoms with E-state index in [0.717, 1.165) is 0 Å². The Hall–Kier alpha value is -4.05. The lowest BCUT2D eigenvalue weighted by Crippen LogP contribution is -2.57. The van der Waals surface area contributed by atoms with Gasteiger partial charge in [-0.25, -0.2) is 4.79 Å². The number of nitrogens with one attached hydrogen (secondary N) is 3. The Morgan fingerprint density at radius 2 is 1.48 bits per heavy atom. The first-order chi connectivity index (χ1) is 18.8. The van der Waals surface area contributed by atoms with Crippen LogP contribution >= 0.6 is 11.8 Å². The van der Waals surface area contributed by atoms with E-state index in [1.807, 2.05) is 0 Å². The van der Waals surface area contributed by atoms with Crippen molar-refractivity contribution in [1.29, 1.82) is 0 Å². The predicted molar refractivity (Wildman–Crippen MR) is 148 cm³/mol. The van der Waals surface area contributed by atoms with Crippen molar-refractivity contribution in [2.24, 2.45) is 22.2 Å². The number of rotatable bonds is 18. The van der Waals surface area contributed by atoms with Crippen LogP contribution in [0.1, 0.15) is 31.2 Å². The summed E-state index contributed by atoms with van der Waals surface area (Å²) in [6.07, 6.45) is 1.34. The number of carboxylic acid groups (broad SMARTS) is 2. The maximum absolute atomic E-state index is 13.1. The molecular formula is C24H37N7O8S. The van der Waals surface area contributed by atoms with Crippen molar-refractivity contribution in [2.75, 3.05) is 18.6 Å². The molecule has 222 valence electrons. The molecule has 0 aliphatic heterocycles. The van der Waals surface area contributed by atoms with Gasteiger partial charge < -0.3 is 48.5 Å². The number of benzene rings is 1. The molecule has 40 heavy (non-hydrogen) atoms. The van der Waals surface area contributed by atoms with E-state index < -0.39 is 60.2 Å². The van der Waals surface area contributed by atoms with Crippen molar-refractivity contribution in [3.8, 4) is 5.75 Å². The lowest BCUT2D eigenvalue weighted by molar-refractivity contribution is -0.143. The van der Waals surface area contributed by atoms with Gasteiger partial charge in [0.2, 0.25) is 17.7 Å². The Balaban J connectivity index is 3.02. The standard InChI is InChI=1S/C24H37N7O8S/c1-40-10-8-17(23(38)39)30-21(36)16(3-2-9-28-24(26)27)29-22(37)18(12-19(33)34)31-20(35)15(25)11-13-4-6-14(32)7-5-13/h4-7,15-18,32H,2-3,8-12,25H2,1H3,(H,29,37)(H,30,36)(H,31,35)(H,33,34)(H,38,39)(H4,26,27,28). The van der Waals surface area contributed by atoms with E-state index in [0.29, 0.717) is 11.3 Å². The summed E-state index contributed by atoms with van der Waals surface area (Å²) >= 11 is 1.39. The highest BCUT2D eigenvalue weighted by Crippen LogP contribution is 2.11. The minimum atomic E-state index is -1.59. The summed E-state index contributed by atoms with van der Waals surface area (Å²) in [4.78, 5) is 65.5. The number of carbonyl (C=O) groups excluding carboxylic acids is 3. The minimum absolute atomic E-state index is 0.0165. The smallest absolute Gasteiger partial charge is 0.326 e. The van der Waals surface area contributed by atoms with E-state index in [2.05, 4.69) is 20.9 Å². The average Bonchev–Trinajstić information content (AvgIpc) is 2.88. The molecule has 0 heterocycles. The van der Waals surface area contributed by atoms with E-state index in [4.69, 9.17) is 17.2 Å². The van der Waals surface area contributed by atoms with Crippen LogP contribution in [0, 0.1) is 0 Å². The lowest BCUT2D eigenvalue weighted by Gasteiger charge is -2.24. The van der Waals surface area contributed by atoms with Gasteiger partial charge in [0.25, 0.3) is 0 Å². The average molecular weight is 584 g/mol. The number of phenols is 1. The summed E-state index contributed by atoms with van der Waals surface area (Å²) in [7, 11) is 0. The second kappa shape index (κ2) is 17.5. The highest BCUT2D eigenvalue weighted by molar-refractivity contribution is 7.98. The zero-order valence-electron chi connectivity index (χ0n) is 22.0. The summed E-state index contributed by atoms with van der Waals surface area (Å²) in [6.45, 7) is 0.109. The molecule has 1 aromatic rings. The number of aliphatic carboxylic acids is 2. The molecule has 4 unspecified atom stereocenters. The number of nitrogens with two attached hydrogens (primary N) is 3. The highest BCUT2D eigenvalue weighted by Gasteiger charge is 2.31. The molecule has 0 saturated carbocycles. The van der Waals surface area contributed by atoms with E-state index in [1.165, 1.54) is 23.9 Å². The molecule has 0 aliphatic carbocycles. The molecule has 0 aliphatic rings. The van der Waals surface area contributed by atoms with Crippen molar-refractivity contribution >= 4 is 47.4 Å². The number of aliphatic imine (C=N–C) groups is 1. The first kappa shape index (κ1) is 34.0. The van der Waals surface area contributed by atoms with Gasteiger partial charge in [-0.05, 0) is 55.4 Å². The van der Waals surface area contributed by atoms with Gasteiger partial charge in [0.1, 0.15) is 23.9 Å². The van der Waals surface area contributed by atoms with Crippen molar-refractivity contribution in [3.63, 3.8) is 0 Å². The van der Waals surface area contributed by atoms with Crippen LogP contribution in [0.4, 0.5) is 0 Å². The van der Waals surface area contributed by atoms with Gasteiger partial charge >= 0.3 is 11.9 Å². The molecule has 0 aromatic heterocycles. The first-order valence-corrected chi connectivity index (χ1v) is 13.7. The summed E-state index contributed by atoms with van der Waals surface area (Å²) in [5.41, 5.74) is 17.2. The molecule has 16 heteroatoms. The molecule has 1 aromatic carbocycles. The highest BCUT2D eigenvalue weighted by atomic mass is 32.2. The van der Waals surface area contributed by atoms with Crippen LogP contribution in [0.2, 0.25) is 0 Å². The summed E-state index contributed by atoms with van der Waals surface area (Å²) < 4.78 is 0. The molecule has 4 atom stereocenters. The summed E-state index contributed by atoms with van der Waals surface area (Å²) in [5.74, 6) is -4.96. The Morgan fingerprint density at radius 1 is 0.900 bits per heavy atom. The van der Waals surface area contributed by atoms with Gasteiger partial charge in [-0.1, -0.05) is 12.1 Å². The van der Waals surface area contributed by atoms with E-state index in [-0.39, 0.29) is 43.9 Å². The van der Waals surface area contributed by atoms with Gasteiger partial charge in [0, 0.05) is 6.54 Å². The van der Waals surface area contributed by atoms with Crippen molar-refractivity contribution in [1.82, 2.24) is 16.0 Å². The van der Waals surface area contributed by atoms with Crippen LogP contribution in [0.25, 0.3) is 0 Å². The molecule has 3 amide bonds. The van der Waals surface area contributed by atoms with Gasteiger partial charge in [0.15, 0.2) is 5.96 Å². The summed E-state index contributed by atoms with van der Waals surface area (Å²) in [6, 6.07) is 0.694. The van der Waals surface area contributed by atoms with E-state index in [9.17, 15) is 39.3 Å². The molecule has 0 bridgehead atoms. The maximum Gasteiger partial charge on any atom is 0.326 e. The number of hydrogen-bond acceptors (Lipinski definition) is 9. The Kier molecular flexibility index (Phi) is 14.9.